The fourth-order valence-electron chi connectivity index (χ4n) is 2.73. The smallest absolute Gasteiger partial charge is 0.161 e. The van der Waals surface area contributed by atoms with Crippen molar-refractivity contribution in [2.24, 2.45) is 0 Å². The lowest BCUT2D eigenvalue weighted by Gasteiger charge is -2.21. The molecule has 0 bridgehead atoms. The molecule has 0 aliphatic rings. The highest BCUT2D eigenvalue weighted by atomic mass is 32.1. The maximum Gasteiger partial charge on any atom is 0.161 e. The van der Waals surface area contributed by atoms with Gasteiger partial charge in [-0.3, -0.25) is 0 Å². The number of nitrogens with zero attached hydrogens (tertiary/aromatic N) is 3. The van der Waals surface area contributed by atoms with Crippen LogP contribution in [-0.2, 0) is 0 Å². The second-order valence-electron chi connectivity index (χ2n) is 5.25. The lowest BCUT2D eigenvalue weighted by molar-refractivity contribution is 1.08. The van der Waals surface area contributed by atoms with Crippen molar-refractivity contribution < 1.29 is 0 Å². The molecule has 0 aliphatic heterocycles. The molecule has 0 N–H and O–H groups in total. The molecule has 104 valence electrons. The summed E-state index contributed by atoms with van der Waals surface area (Å²) in [4.78, 5) is 8.32. The van der Waals surface area contributed by atoms with Gasteiger partial charge in [0.2, 0.25) is 0 Å². The fourth-order valence-corrected chi connectivity index (χ4v) is 3.61. The van der Waals surface area contributed by atoms with Crippen LogP contribution in [0.3, 0.4) is 0 Å². The fraction of sp³-hybridized carbons (Fsp3) is 0.312. The van der Waals surface area contributed by atoms with Crippen LogP contribution in [0.25, 0.3) is 5.65 Å². The predicted octanol–water partition coefficient (Wildman–Crippen LogP) is 4.40. The minimum absolute atomic E-state index is 1.02. The van der Waals surface area contributed by atoms with Gasteiger partial charge in [0.25, 0.3) is 0 Å². The number of imidazole rings is 1. The Hall–Kier alpha value is -1.81. The zero-order chi connectivity index (χ0) is 14.4. The molecule has 20 heavy (non-hydrogen) atoms. The molecule has 0 amide bonds. The number of pyridine rings is 1. The first kappa shape index (κ1) is 13.2. The largest absolute Gasteiger partial charge is 0.340 e. The number of hydrogen-bond acceptors (Lipinski definition) is 3. The standard InChI is InChI=1S/C16H19N3S/c1-10-9-20-13(4)15(10)18(5)14-7-6-8-19-12(3)11(2)17-16(14)19/h6-9H,1-5H3. The Morgan fingerprint density at radius 2 is 1.95 bits per heavy atom. The van der Waals surface area contributed by atoms with Gasteiger partial charge in [0.1, 0.15) is 0 Å². The van der Waals surface area contributed by atoms with E-state index in [1.165, 1.54) is 21.8 Å². The third-order valence-electron chi connectivity index (χ3n) is 3.92. The first-order valence-corrected chi connectivity index (χ1v) is 7.61. The normalized spacial score (nSPS) is 11.2. The number of hydrogen-bond donors (Lipinski definition) is 0. The molecule has 3 aromatic rings. The summed E-state index contributed by atoms with van der Waals surface area (Å²) < 4.78 is 2.16. The Bertz CT molecular complexity index is 763. The highest BCUT2D eigenvalue weighted by Gasteiger charge is 2.16. The van der Waals surface area contributed by atoms with E-state index in [0.717, 1.165) is 17.0 Å². The Balaban J connectivity index is 2.22. The summed E-state index contributed by atoms with van der Waals surface area (Å²) in [7, 11) is 2.12. The van der Waals surface area contributed by atoms with Gasteiger partial charge < -0.3 is 9.30 Å². The maximum atomic E-state index is 4.73. The molecule has 0 aromatic carbocycles. The molecule has 3 aromatic heterocycles. The van der Waals surface area contributed by atoms with E-state index in [0.29, 0.717) is 0 Å². The van der Waals surface area contributed by atoms with Crippen molar-refractivity contribution in [3.05, 3.63) is 45.5 Å². The van der Waals surface area contributed by atoms with Gasteiger partial charge >= 0.3 is 0 Å². The summed E-state index contributed by atoms with van der Waals surface area (Å²) in [5.74, 6) is 0. The number of anilines is 2. The summed E-state index contributed by atoms with van der Waals surface area (Å²) in [6, 6.07) is 4.22. The van der Waals surface area contributed by atoms with E-state index in [4.69, 9.17) is 4.98 Å². The Labute approximate surface area is 123 Å². The molecule has 0 radical (unpaired) electrons. The van der Waals surface area contributed by atoms with Gasteiger partial charge in [-0.15, -0.1) is 11.3 Å². The molecule has 0 unspecified atom stereocenters. The van der Waals surface area contributed by atoms with Crippen molar-refractivity contribution >= 4 is 28.4 Å². The van der Waals surface area contributed by atoms with Gasteiger partial charge in [0, 0.05) is 23.8 Å². The van der Waals surface area contributed by atoms with E-state index < -0.39 is 0 Å². The summed E-state index contributed by atoms with van der Waals surface area (Å²) in [5.41, 5.74) is 7.07. The molecule has 0 atom stereocenters. The third kappa shape index (κ3) is 1.83. The number of thiophene rings is 1. The maximum absolute atomic E-state index is 4.73. The van der Waals surface area contributed by atoms with Gasteiger partial charge in [-0.25, -0.2) is 4.98 Å². The average molecular weight is 285 g/mol. The lowest BCUT2D eigenvalue weighted by Crippen LogP contribution is -2.12. The van der Waals surface area contributed by atoms with Crippen LogP contribution in [0.1, 0.15) is 21.8 Å². The Kier molecular flexibility index (Phi) is 3.05. The number of aromatic nitrogens is 2. The van der Waals surface area contributed by atoms with E-state index in [-0.39, 0.29) is 0 Å². The van der Waals surface area contributed by atoms with Gasteiger partial charge in [0.05, 0.1) is 17.1 Å². The van der Waals surface area contributed by atoms with E-state index in [2.05, 4.69) is 67.8 Å². The topological polar surface area (TPSA) is 20.5 Å². The lowest BCUT2D eigenvalue weighted by atomic mass is 10.2. The molecular formula is C16H19N3S. The van der Waals surface area contributed by atoms with Crippen LogP contribution < -0.4 is 4.90 Å². The van der Waals surface area contributed by atoms with Crippen molar-refractivity contribution in [1.82, 2.24) is 9.38 Å². The van der Waals surface area contributed by atoms with Crippen LogP contribution in [0.15, 0.2) is 23.7 Å². The van der Waals surface area contributed by atoms with Gasteiger partial charge in [-0.2, -0.15) is 0 Å². The summed E-state index contributed by atoms with van der Waals surface area (Å²) in [5, 5.41) is 2.21. The van der Waals surface area contributed by atoms with Gasteiger partial charge in [0.15, 0.2) is 5.65 Å². The van der Waals surface area contributed by atoms with E-state index >= 15 is 0 Å². The molecule has 3 heterocycles. The van der Waals surface area contributed by atoms with Gasteiger partial charge in [-0.1, -0.05) is 0 Å². The Morgan fingerprint density at radius 3 is 2.60 bits per heavy atom. The molecule has 0 fully saturated rings. The minimum Gasteiger partial charge on any atom is -0.340 e. The highest BCUT2D eigenvalue weighted by Crippen LogP contribution is 2.35. The predicted molar refractivity (Wildman–Crippen MR) is 86.5 cm³/mol. The molecule has 0 spiro atoms. The van der Waals surface area contributed by atoms with Crippen LogP contribution in [0, 0.1) is 27.7 Å². The number of aryl methyl sites for hydroxylation is 4. The second-order valence-corrected chi connectivity index (χ2v) is 6.34. The highest BCUT2D eigenvalue weighted by molar-refractivity contribution is 7.10. The van der Waals surface area contributed by atoms with Crippen molar-refractivity contribution in [3.8, 4) is 0 Å². The summed E-state index contributed by atoms with van der Waals surface area (Å²) >= 11 is 1.80. The zero-order valence-electron chi connectivity index (χ0n) is 12.6. The van der Waals surface area contributed by atoms with Crippen molar-refractivity contribution in [2.75, 3.05) is 11.9 Å². The monoisotopic (exact) mass is 285 g/mol. The van der Waals surface area contributed by atoms with Crippen LogP contribution in [-0.4, -0.2) is 16.4 Å². The molecule has 4 heteroatoms. The van der Waals surface area contributed by atoms with E-state index in [9.17, 15) is 0 Å². The zero-order valence-corrected chi connectivity index (χ0v) is 13.4. The van der Waals surface area contributed by atoms with Crippen LogP contribution in [0.4, 0.5) is 11.4 Å². The number of fused-ring (bicyclic) bond motifs is 1. The third-order valence-corrected chi connectivity index (χ3v) is 4.94. The van der Waals surface area contributed by atoms with Crippen molar-refractivity contribution in [3.63, 3.8) is 0 Å². The molecule has 0 saturated carbocycles. The molecule has 0 aliphatic carbocycles. The molecular weight excluding hydrogens is 266 g/mol. The van der Waals surface area contributed by atoms with E-state index in [1.54, 1.807) is 11.3 Å². The minimum atomic E-state index is 1.02. The van der Waals surface area contributed by atoms with Crippen LogP contribution >= 0.6 is 11.3 Å². The quantitative estimate of drug-likeness (QED) is 0.695. The second kappa shape index (κ2) is 4.63. The molecule has 0 saturated heterocycles. The SMILES string of the molecule is Cc1csc(C)c1N(C)c1cccn2c(C)c(C)nc12. The molecule has 3 rings (SSSR count). The number of rotatable bonds is 2. The van der Waals surface area contributed by atoms with Crippen molar-refractivity contribution in [1.29, 1.82) is 0 Å². The first-order chi connectivity index (χ1) is 9.50. The molecule has 3 nitrogen and oxygen atoms in total. The van der Waals surface area contributed by atoms with Crippen molar-refractivity contribution in [2.45, 2.75) is 27.7 Å². The van der Waals surface area contributed by atoms with Gasteiger partial charge in [-0.05, 0) is 50.8 Å². The van der Waals surface area contributed by atoms with E-state index in [1.807, 2.05) is 0 Å². The van der Waals surface area contributed by atoms with Crippen LogP contribution in [0.2, 0.25) is 0 Å². The summed E-state index contributed by atoms with van der Waals surface area (Å²) in [6.07, 6.45) is 2.08. The first-order valence-electron chi connectivity index (χ1n) is 6.73. The Morgan fingerprint density at radius 1 is 1.20 bits per heavy atom. The summed E-state index contributed by atoms with van der Waals surface area (Å²) in [6.45, 7) is 8.51. The van der Waals surface area contributed by atoms with Crippen LogP contribution in [0.5, 0.6) is 0 Å². The average Bonchev–Trinajstić information content (AvgIpc) is 2.90.